The summed E-state index contributed by atoms with van der Waals surface area (Å²) in [5, 5.41) is 12.1. The Morgan fingerprint density at radius 1 is 1.41 bits per heavy atom. The first-order valence-electron chi connectivity index (χ1n) is 7.22. The standard InChI is InChI=1S/C17H18N2OS2/c1-9-4-5-21-15(9)13-10(8-18)16(19)22-12-7-17(2,3)6-11(20)14(12)13/h4-5,13H,6-7,19H2,1-3H3/t13-/m1/s1. The van der Waals surface area contributed by atoms with Gasteiger partial charge in [-0.1, -0.05) is 25.6 Å². The highest BCUT2D eigenvalue weighted by atomic mass is 32.2. The van der Waals surface area contributed by atoms with E-state index in [-0.39, 0.29) is 17.1 Å². The monoisotopic (exact) mass is 330 g/mol. The molecule has 2 heterocycles. The smallest absolute Gasteiger partial charge is 0.161 e. The van der Waals surface area contributed by atoms with E-state index in [4.69, 9.17) is 5.73 Å². The molecule has 0 unspecified atom stereocenters. The topological polar surface area (TPSA) is 66.9 Å². The highest BCUT2D eigenvalue weighted by Crippen LogP contribution is 2.53. The second-order valence-corrected chi connectivity index (χ2v) is 8.75. The number of hydrogen-bond donors (Lipinski definition) is 1. The van der Waals surface area contributed by atoms with Crippen LogP contribution in [0.25, 0.3) is 0 Å². The fourth-order valence-electron chi connectivity index (χ4n) is 3.23. The highest BCUT2D eigenvalue weighted by Gasteiger charge is 2.42. The van der Waals surface area contributed by atoms with Crippen molar-refractivity contribution in [2.75, 3.05) is 0 Å². The summed E-state index contributed by atoms with van der Waals surface area (Å²) in [6.45, 7) is 6.25. The molecule has 0 fully saturated rings. The van der Waals surface area contributed by atoms with E-state index < -0.39 is 0 Å². The Hall–Kier alpha value is -1.51. The van der Waals surface area contributed by atoms with Crippen LogP contribution in [0.1, 0.15) is 43.0 Å². The van der Waals surface area contributed by atoms with Crippen LogP contribution in [0, 0.1) is 23.7 Å². The van der Waals surface area contributed by atoms with Gasteiger partial charge in [-0.3, -0.25) is 4.79 Å². The Labute approximate surface area is 138 Å². The van der Waals surface area contributed by atoms with Crippen LogP contribution in [0.4, 0.5) is 0 Å². The van der Waals surface area contributed by atoms with E-state index in [2.05, 4.69) is 19.9 Å². The number of hydrogen-bond acceptors (Lipinski definition) is 5. The Balaban J connectivity index is 2.20. The summed E-state index contributed by atoms with van der Waals surface area (Å²) in [7, 11) is 0. The van der Waals surface area contributed by atoms with Gasteiger partial charge in [0.15, 0.2) is 5.78 Å². The predicted molar refractivity (Wildman–Crippen MR) is 91.3 cm³/mol. The van der Waals surface area contributed by atoms with Crippen molar-refractivity contribution >= 4 is 28.9 Å². The lowest BCUT2D eigenvalue weighted by Gasteiger charge is -2.37. The van der Waals surface area contributed by atoms with Crippen molar-refractivity contribution in [1.82, 2.24) is 0 Å². The highest BCUT2D eigenvalue weighted by molar-refractivity contribution is 8.06. The molecule has 22 heavy (non-hydrogen) atoms. The molecule has 0 aromatic carbocycles. The lowest BCUT2D eigenvalue weighted by atomic mass is 9.72. The van der Waals surface area contributed by atoms with Crippen LogP contribution in [-0.2, 0) is 4.79 Å². The van der Waals surface area contributed by atoms with Gasteiger partial charge in [0.25, 0.3) is 0 Å². The molecule has 3 rings (SSSR count). The third-order valence-electron chi connectivity index (χ3n) is 4.24. The van der Waals surface area contributed by atoms with E-state index in [9.17, 15) is 10.1 Å². The molecule has 0 radical (unpaired) electrons. The zero-order chi connectivity index (χ0) is 16.1. The number of aryl methyl sites for hydroxylation is 1. The minimum absolute atomic E-state index is 0.0393. The van der Waals surface area contributed by atoms with Crippen molar-refractivity contribution in [2.45, 2.75) is 39.5 Å². The van der Waals surface area contributed by atoms with Crippen LogP contribution in [0.15, 0.2) is 32.5 Å². The average Bonchev–Trinajstić information content (AvgIpc) is 2.81. The third-order valence-corrected chi connectivity index (χ3v) is 6.37. The van der Waals surface area contributed by atoms with Crippen molar-refractivity contribution < 1.29 is 4.79 Å². The third kappa shape index (κ3) is 2.41. The van der Waals surface area contributed by atoms with Crippen molar-refractivity contribution in [1.29, 1.82) is 5.26 Å². The largest absolute Gasteiger partial charge is 0.392 e. The molecule has 1 aromatic heterocycles. The summed E-state index contributed by atoms with van der Waals surface area (Å²) in [5.41, 5.74) is 8.57. The van der Waals surface area contributed by atoms with Crippen molar-refractivity contribution in [3.8, 4) is 6.07 Å². The molecular formula is C17H18N2OS2. The minimum atomic E-state index is -0.273. The molecule has 1 atom stereocenters. The summed E-state index contributed by atoms with van der Waals surface area (Å²) >= 11 is 3.01. The molecule has 0 spiro atoms. The molecule has 0 amide bonds. The summed E-state index contributed by atoms with van der Waals surface area (Å²) < 4.78 is 0. The molecule has 2 aliphatic rings. The lowest BCUT2D eigenvalue weighted by Crippen LogP contribution is -2.30. The molecule has 1 aromatic rings. The van der Waals surface area contributed by atoms with Crippen LogP contribution >= 0.6 is 23.1 Å². The molecular weight excluding hydrogens is 312 g/mol. The number of thiophene rings is 1. The maximum absolute atomic E-state index is 12.8. The fraction of sp³-hybridized carbons (Fsp3) is 0.412. The normalized spacial score (nSPS) is 24.3. The second kappa shape index (κ2) is 5.29. The summed E-state index contributed by atoms with van der Waals surface area (Å²) in [6, 6.07) is 4.28. The van der Waals surface area contributed by atoms with Crippen molar-refractivity contribution in [3.05, 3.63) is 43.0 Å². The molecule has 2 N–H and O–H groups in total. The maximum Gasteiger partial charge on any atom is 0.161 e. The molecule has 1 aliphatic heterocycles. The maximum atomic E-state index is 12.8. The predicted octanol–water partition coefficient (Wildman–Crippen LogP) is 4.22. The van der Waals surface area contributed by atoms with Crippen molar-refractivity contribution in [3.63, 3.8) is 0 Å². The summed E-state index contributed by atoms with van der Waals surface area (Å²) in [6.07, 6.45) is 1.38. The van der Waals surface area contributed by atoms with E-state index >= 15 is 0 Å². The zero-order valence-electron chi connectivity index (χ0n) is 12.9. The second-order valence-electron chi connectivity index (χ2n) is 6.67. The molecule has 0 saturated carbocycles. The quantitative estimate of drug-likeness (QED) is 0.837. The van der Waals surface area contributed by atoms with Gasteiger partial charge in [0.1, 0.15) is 0 Å². The van der Waals surface area contributed by atoms with Gasteiger partial charge in [-0.25, -0.2) is 0 Å². The number of nitriles is 1. The number of Topliss-reactive ketones (excluding diaryl/α,β-unsaturated/α-hetero) is 1. The first-order chi connectivity index (χ1) is 10.3. The van der Waals surface area contributed by atoms with Gasteiger partial charge in [0.05, 0.1) is 22.6 Å². The molecule has 114 valence electrons. The van der Waals surface area contributed by atoms with Gasteiger partial charge in [0.2, 0.25) is 0 Å². The van der Waals surface area contributed by atoms with Crippen LogP contribution in [0.3, 0.4) is 0 Å². The lowest BCUT2D eigenvalue weighted by molar-refractivity contribution is -0.118. The van der Waals surface area contributed by atoms with E-state index in [0.29, 0.717) is 17.0 Å². The van der Waals surface area contributed by atoms with Gasteiger partial charge in [0, 0.05) is 16.9 Å². The van der Waals surface area contributed by atoms with Gasteiger partial charge < -0.3 is 5.73 Å². The number of thioether (sulfide) groups is 1. The average molecular weight is 330 g/mol. The summed E-state index contributed by atoms with van der Waals surface area (Å²) in [5.74, 6) is -0.110. The number of rotatable bonds is 1. The van der Waals surface area contributed by atoms with Crippen LogP contribution in [0.2, 0.25) is 0 Å². The Morgan fingerprint density at radius 2 is 2.14 bits per heavy atom. The van der Waals surface area contributed by atoms with E-state index in [1.807, 2.05) is 18.4 Å². The number of nitrogens with two attached hydrogens (primary N) is 1. The van der Waals surface area contributed by atoms with Gasteiger partial charge in [-0.15, -0.1) is 11.3 Å². The van der Waals surface area contributed by atoms with E-state index in [1.165, 1.54) is 11.8 Å². The number of ketones is 1. The molecule has 5 heteroatoms. The van der Waals surface area contributed by atoms with Crippen LogP contribution in [0.5, 0.6) is 0 Å². The first-order valence-corrected chi connectivity index (χ1v) is 8.91. The molecule has 1 aliphatic carbocycles. The van der Waals surface area contributed by atoms with E-state index in [1.54, 1.807) is 11.3 Å². The summed E-state index contributed by atoms with van der Waals surface area (Å²) in [4.78, 5) is 14.9. The van der Waals surface area contributed by atoms with E-state index in [0.717, 1.165) is 27.3 Å². The first kappa shape index (κ1) is 15.4. The van der Waals surface area contributed by atoms with Gasteiger partial charge >= 0.3 is 0 Å². The SMILES string of the molecule is Cc1ccsc1[C@@H]1C(C#N)=C(N)SC2=C1C(=O)CC(C)(C)C2. The molecule has 3 nitrogen and oxygen atoms in total. The van der Waals surface area contributed by atoms with Crippen LogP contribution in [-0.4, -0.2) is 5.78 Å². The Morgan fingerprint density at radius 3 is 2.73 bits per heavy atom. The van der Waals surface area contributed by atoms with Gasteiger partial charge in [-0.05, 0) is 40.7 Å². The number of nitrogens with zero attached hydrogens (tertiary/aromatic N) is 1. The fourth-order valence-corrected chi connectivity index (χ4v) is 5.62. The molecule has 0 bridgehead atoms. The number of allylic oxidation sites excluding steroid dienone is 3. The zero-order valence-corrected chi connectivity index (χ0v) is 14.5. The van der Waals surface area contributed by atoms with Crippen molar-refractivity contribution in [2.24, 2.45) is 11.1 Å². The van der Waals surface area contributed by atoms with Gasteiger partial charge in [-0.2, -0.15) is 5.26 Å². The number of carbonyl (C=O) groups excluding carboxylic acids is 1. The number of carbonyl (C=O) groups is 1. The Kier molecular flexibility index (Phi) is 3.70. The Bertz CT molecular complexity index is 762. The minimum Gasteiger partial charge on any atom is -0.392 e. The molecule has 0 saturated heterocycles. The van der Waals surface area contributed by atoms with Crippen LogP contribution < -0.4 is 5.73 Å².